The fourth-order valence-electron chi connectivity index (χ4n) is 1.97. The van der Waals surface area contributed by atoms with Gasteiger partial charge in [-0.15, -0.1) is 0 Å². The predicted octanol–water partition coefficient (Wildman–Crippen LogP) is 0.272. The summed E-state index contributed by atoms with van der Waals surface area (Å²) in [6.07, 6.45) is 1.41. The van der Waals surface area contributed by atoms with Crippen LogP contribution >= 0.6 is 0 Å². The van der Waals surface area contributed by atoms with Crippen LogP contribution in [-0.4, -0.2) is 53.4 Å². The van der Waals surface area contributed by atoms with E-state index < -0.39 is 12.2 Å². The van der Waals surface area contributed by atoms with Crippen molar-refractivity contribution in [3.8, 4) is 5.75 Å². The lowest BCUT2D eigenvalue weighted by molar-refractivity contribution is -0.125. The number of likely N-dealkylation sites (tertiary alicyclic amines) is 1. The Labute approximate surface area is 111 Å². The molecule has 102 valence electrons. The lowest BCUT2D eigenvalue weighted by Crippen LogP contribution is -2.27. The summed E-state index contributed by atoms with van der Waals surface area (Å²) in [5, 5.41) is 18.8. The zero-order valence-electron chi connectivity index (χ0n) is 10.7. The van der Waals surface area contributed by atoms with Gasteiger partial charge >= 0.3 is 0 Å². The van der Waals surface area contributed by atoms with Gasteiger partial charge in [-0.05, 0) is 23.8 Å². The molecular formula is C14H17NO4. The van der Waals surface area contributed by atoms with Crippen molar-refractivity contribution in [2.24, 2.45) is 0 Å². The summed E-state index contributed by atoms with van der Waals surface area (Å²) in [6.45, 7) is 0.338. The summed E-state index contributed by atoms with van der Waals surface area (Å²) in [7, 11) is 1.58. The first-order valence-electron chi connectivity index (χ1n) is 6.07. The molecular weight excluding hydrogens is 246 g/mol. The Morgan fingerprint density at radius 2 is 2.05 bits per heavy atom. The molecule has 1 aliphatic heterocycles. The Hall–Kier alpha value is -1.85. The maximum atomic E-state index is 11.8. The average Bonchev–Trinajstić information content (AvgIpc) is 2.76. The van der Waals surface area contributed by atoms with Gasteiger partial charge in [-0.25, -0.2) is 0 Å². The number of aliphatic hydroxyl groups is 2. The molecule has 2 N–H and O–H groups in total. The van der Waals surface area contributed by atoms with Crippen LogP contribution in [0.25, 0.3) is 6.08 Å². The minimum atomic E-state index is -0.853. The van der Waals surface area contributed by atoms with E-state index in [0.29, 0.717) is 0 Å². The topological polar surface area (TPSA) is 70.0 Å². The third-order valence-corrected chi connectivity index (χ3v) is 3.08. The highest BCUT2D eigenvalue weighted by molar-refractivity contribution is 5.92. The van der Waals surface area contributed by atoms with Crippen LogP contribution in [0.1, 0.15) is 5.56 Å². The molecule has 0 bridgehead atoms. The number of nitrogens with zero attached hydrogens (tertiary/aromatic N) is 1. The third-order valence-electron chi connectivity index (χ3n) is 3.08. The maximum absolute atomic E-state index is 11.8. The van der Waals surface area contributed by atoms with Gasteiger partial charge in [0.2, 0.25) is 5.91 Å². The van der Waals surface area contributed by atoms with Gasteiger partial charge in [0.1, 0.15) is 5.75 Å². The summed E-state index contributed by atoms with van der Waals surface area (Å²) in [4.78, 5) is 13.3. The normalized spacial score (nSPS) is 23.0. The fourth-order valence-corrected chi connectivity index (χ4v) is 1.97. The van der Waals surface area contributed by atoms with Gasteiger partial charge in [0.15, 0.2) is 0 Å². The molecule has 2 atom stereocenters. The molecule has 19 heavy (non-hydrogen) atoms. The van der Waals surface area contributed by atoms with Crippen molar-refractivity contribution >= 4 is 12.0 Å². The van der Waals surface area contributed by atoms with Crippen LogP contribution in [0.15, 0.2) is 30.3 Å². The minimum absolute atomic E-state index is 0.169. The summed E-state index contributed by atoms with van der Waals surface area (Å²) < 4.78 is 5.09. The van der Waals surface area contributed by atoms with Crippen molar-refractivity contribution in [3.63, 3.8) is 0 Å². The van der Waals surface area contributed by atoms with Crippen LogP contribution < -0.4 is 4.74 Å². The van der Waals surface area contributed by atoms with Gasteiger partial charge in [0.25, 0.3) is 0 Å². The molecule has 1 saturated heterocycles. The van der Waals surface area contributed by atoms with Gasteiger partial charge in [-0.1, -0.05) is 12.1 Å². The molecule has 0 aromatic heterocycles. The number of hydrogen-bond acceptors (Lipinski definition) is 4. The van der Waals surface area contributed by atoms with Crippen molar-refractivity contribution in [2.75, 3.05) is 20.2 Å². The highest BCUT2D eigenvalue weighted by Crippen LogP contribution is 2.15. The van der Waals surface area contributed by atoms with Gasteiger partial charge < -0.3 is 19.8 Å². The smallest absolute Gasteiger partial charge is 0.246 e. The second-order valence-corrected chi connectivity index (χ2v) is 4.49. The van der Waals surface area contributed by atoms with Gasteiger partial charge in [-0.3, -0.25) is 4.79 Å². The van der Waals surface area contributed by atoms with E-state index in [2.05, 4.69) is 0 Å². The first kappa shape index (κ1) is 13.6. The van der Waals surface area contributed by atoms with Crippen LogP contribution in [0.2, 0.25) is 0 Å². The number of ether oxygens (including phenoxy) is 1. The highest BCUT2D eigenvalue weighted by atomic mass is 16.5. The molecule has 0 spiro atoms. The zero-order valence-corrected chi connectivity index (χ0v) is 10.7. The summed E-state index contributed by atoms with van der Waals surface area (Å²) in [6, 6.07) is 7.34. The third kappa shape index (κ3) is 3.33. The van der Waals surface area contributed by atoms with Crippen LogP contribution in [0.3, 0.4) is 0 Å². The first-order valence-corrected chi connectivity index (χ1v) is 6.07. The zero-order chi connectivity index (χ0) is 13.8. The Balaban J connectivity index is 2.00. The van der Waals surface area contributed by atoms with E-state index in [0.717, 1.165) is 11.3 Å². The summed E-state index contributed by atoms with van der Waals surface area (Å²) >= 11 is 0. The largest absolute Gasteiger partial charge is 0.497 e. The SMILES string of the molecule is COc1cccc(C=CC(=O)N2C[C@@H](O)[C@@H](O)C2)c1. The number of rotatable bonds is 3. The number of amides is 1. The van der Waals surface area contributed by atoms with Crippen molar-refractivity contribution in [1.29, 1.82) is 0 Å². The van der Waals surface area contributed by atoms with E-state index in [1.54, 1.807) is 13.2 Å². The minimum Gasteiger partial charge on any atom is -0.497 e. The van der Waals surface area contributed by atoms with Crippen molar-refractivity contribution in [3.05, 3.63) is 35.9 Å². The molecule has 1 amide bonds. The lowest BCUT2D eigenvalue weighted by atomic mass is 10.2. The molecule has 5 heteroatoms. The number of benzene rings is 1. The van der Waals surface area contributed by atoms with E-state index in [-0.39, 0.29) is 19.0 Å². The molecule has 1 aromatic carbocycles. The van der Waals surface area contributed by atoms with Crippen LogP contribution in [0.4, 0.5) is 0 Å². The van der Waals surface area contributed by atoms with E-state index in [1.165, 1.54) is 11.0 Å². The number of methoxy groups -OCH3 is 1. The quantitative estimate of drug-likeness (QED) is 0.768. The molecule has 0 saturated carbocycles. The first-order chi connectivity index (χ1) is 9.10. The number of β-amino-alcohol motifs (C(OH)–C–C–N with tert-alkyl or cyclic N) is 2. The highest BCUT2D eigenvalue weighted by Gasteiger charge is 2.31. The van der Waals surface area contributed by atoms with Crippen molar-refractivity contribution in [1.82, 2.24) is 4.90 Å². The molecule has 1 fully saturated rings. The Kier molecular flexibility index (Phi) is 4.19. The van der Waals surface area contributed by atoms with E-state index in [4.69, 9.17) is 4.74 Å². The van der Waals surface area contributed by atoms with Crippen LogP contribution in [0.5, 0.6) is 5.75 Å². The fraction of sp³-hybridized carbons (Fsp3) is 0.357. The second kappa shape index (κ2) is 5.86. The van der Waals surface area contributed by atoms with Crippen LogP contribution in [-0.2, 0) is 4.79 Å². The summed E-state index contributed by atoms with van der Waals surface area (Å²) in [5.41, 5.74) is 0.855. The number of carbonyl (C=O) groups excluding carboxylic acids is 1. The Morgan fingerprint density at radius 1 is 1.37 bits per heavy atom. The lowest BCUT2D eigenvalue weighted by Gasteiger charge is -2.12. The van der Waals surface area contributed by atoms with E-state index in [1.807, 2.05) is 24.3 Å². The standard InChI is InChI=1S/C14H17NO4/c1-19-11-4-2-3-10(7-11)5-6-14(18)15-8-12(16)13(17)9-15/h2-7,12-13,16-17H,8-9H2,1H3/t12-,13+. The van der Waals surface area contributed by atoms with Crippen molar-refractivity contribution in [2.45, 2.75) is 12.2 Å². The monoisotopic (exact) mass is 263 g/mol. The molecule has 1 heterocycles. The average molecular weight is 263 g/mol. The maximum Gasteiger partial charge on any atom is 0.246 e. The van der Waals surface area contributed by atoms with Gasteiger partial charge in [-0.2, -0.15) is 0 Å². The number of hydrogen-bond donors (Lipinski definition) is 2. The van der Waals surface area contributed by atoms with E-state index >= 15 is 0 Å². The molecule has 1 aromatic rings. The molecule has 1 aliphatic rings. The Bertz CT molecular complexity index is 476. The van der Waals surface area contributed by atoms with Crippen molar-refractivity contribution < 1.29 is 19.7 Å². The van der Waals surface area contributed by atoms with Gasteiger partial charge in [0.05, 0.1) is 19.3 Å². The molecule has 0 aliphatic carbocycles. The Morgan fingerprint density at radius 3 is 2.68 bits per heavy atom. The van der Waals surface area contributed by atoms with E-state index in [9.17, 15) is 15.0 Å². The number of carbonyl (C=O) groups is 1. The molecule has 2 rings (SSSR count). The second-order valence-electron chi connectivity index (χ2n) is 4.49. The summed E-state index contributed by atoms with van der Waals surface area (Å²) in [5.74, 6) is 0.500. The molecule has 0 radical (unpaired) electrons. The predicted molar refractivity (Wildman–Crippen MR) is 70.6 cm³/mol. The number of aliphatic hydroxyl groups excluding tert-OH is 2. The molecule has 5 nitrogen and oxygen atoms in total. The van der Waals surface area contributed by atoms with Crippen LogP contribution in [0, 0.1) is 0 Å². The molecule has 0 unspecified atom stereocenters. The van der Waals surface area contributed by atoms with Gasteiger partial charge in [0, 0.05) is 19.2 Å².